The van der Waals surface area contributed by atoms with E-state index in [1.807, 2.05) is 13.8 Å². The van der Waals surface area contributed by atoms with Gasteiger partial charge in [0, 0.05) is 41.7 Å². The molecule has 0 spiro atoms. The van der Waals surface area contributed by atoms with Gasteiger partial charge in [0.05, 0.1) is 5.02 Å². The maximum Gasteiger partial charge on any atom is 0.246 e. The number of rotatable bonds is 5. The Balaban J connectivity index is 1.82. The number of halogens is 3. The van der Waals surface area contributed by atoms with Gasteiger partial charge in [0.1, 0.15) is 29.4 Å². The van der Waals surface area contributed by atoms with E-state index in [0.717, 1.165) is 0 Å². The van der Waals surface area contributed by atoms with E-state index in [1.165, 1.54) is 18.5 Å². The number of benzene rings is 2. The molecule has 9 heteroatoms. The maximum atomic E-state index is 16.1. The summed E-state index contributed by atoms with van der Waals surface area (Å²) in [7, 11) is 0. The van der Waals surface area contributed by atoms with Crippen molar-refractivity contribution in [3.8, 4) is 0 Å². The third-order valence-corrected chi connectivity index (χ3v) is 6.84. The lowest BCUT2D eigenvalue weighted by Gasteiger charge is -2.45. The first-order valence-corrected chi connectivity index (χ1v) is 11.8. The summed E-state index contributed by atoms with van der Waals surface area (Å²) in [5.41, 5.74) is 0.775. The van der Waals surface area contributed by atoms with Gasteiger partial charge in [-0.2, -0.15) is 0 Å². The fourth-order valence-corrected chi connectivity index (χ4v) is 5.14. The van der Waals surface area contributed by atoms with Crippen LogP contribution in [0.3, 0.4) is 0 Å². The molecule has 1 aliphatic heterocycles. The van der Waals surface area contributed by atoms with Crippen molar-refractivity contribution in [1.82, 2.24) is 14.9 Å². The molecule has 0 unspecified atom stereocenters. The van der Waals surface area contributed by atoms with E-state index in [2.05, 4.69) is 33.2 Å². The van der Waals surface area contributed by atoms with Crippen molar-refractivity contribution in [2.24, 2.45) is 4.99 Å². The van der Waals surface area contributed by atoms with E-state index in [-0.39, 0.29) is 34.4 Å². The van der Waals surface area contributed by atoms with Crippen LogP contribution in [0.5, 0.6) is 0 Å². The highest BCUT2D eigenvalue weighted by Gasteiger charge is 2.33. The zero-order chi connectivity index (χ0) is 26.1. The summed E-state index contributed by atoms with van der Waals surface area (Å²) < 4.78 is 30.4. The maximum absolute atomic E-state index is 16.1. The van der Waals surface area contributed by atoms with Crippen LogP contribution in [0.2, 0.25) is 5.02 Å². The summed E-state index contributed by atoms with van der Waals surface area (Å²) in [6.07, 6.45) is 2.60. The van der Waals surface area contributed by atoms with Gasteiger partial charge < -0.3 is 9.80 Å². The summed E-state index contributed by atoms with van der Waals surface area (Å²) in [4.78, 5) is 28.6. The minimum atomic E-state index is -0.722. The number of anilines is 1. The number of aliphatic imine (C=N–C) groups is 1. The third-order valence-electron chi connectivity index (χ3n) is 6.47. The molecule has 2 aromatic carbocycles. The molecule has 1 amide bonds. The van der Waals surface area contributed by atoms with Crippen LogP contribution in [-0.4, -0.2) is 52.7 Å². The van der Waals surface area contributed by atoms with Crippen molar-refractivity contribution < 1.29 is 13.6 Å². The summed E-state index contributed by atoms with van der Waals surface area (Å²) >= 11 is 6.27. The molecule has 0 radical (unpaired) electrons. The molecule has 3 aromatic rings. The smallest absolute Gasteiger partial charge is 0.246 e. The first-order valence-electron chi connectivity index (χ1n) is 11.4. The van der Waals surface area contributed by atoms with Crippen LogP contribution in [0.15, 0.2) is 54.3 Å². The van der Waals surface area contributed by atoms with Crippen LogP contribution in [-0.2, 0) is 4.79 Å². The molecule has 186 valence electrons. The molecular formula is C27H26ClF2N5O. The molecule has 0 bridgehead atoms. The molecule has 0 N–H and O–H groups in total. The predicted octanol–water partition coefficient (Wildman–Crippen LogP) is 5.84. The number of hydrogen-bond acceptors (Lipinski definition) is 5. The number of amides is 1. The van der Waals surface area contributed by atoms with Crippen molar-refractivity contribution in [3.05, 3.63) is 77.0 Å². The number of aromatic nitrogens is 2. The predicted molar refractivity (Wildman–Crippen MR) is 141 cm³/mol. The summed E-state index contributed by atoms with van der Waals surface area (Å²) in [6, 6.07) is 7.78. The van der Waals surface area contributed by atoms with Gasteiger partial charge in [0.25, 0.3) is 0 Å². The Morgan fingerprint density at radius 2 is 1.89 bits per heavy atom. The summed E-state index contributed by atoms with van der Waals surface area (Å²) in [5, 5.41) is 0.864. The number of fused-ring (bicyclic) bond motifs is 1. The van der Waals surface area contributed by atoms with Crippen LogP contribution < -0.4 is 4.90 Å². The van der Waals surface area contributed by atoms with Crippen molar-refractivity contribution in [3.63, 3.8) is 0 Å². The average molecular weight is 510 g/mol. The van der Waals surface area contributed by atoms with Gasteiger partial charge in [-0.3, -0.25) is 9.79 Å². The Kier molecular flexibility index (Phi) is 7.17. The Hall–Kier alpha value is -3.65. The Morgan fingerprint density at radius 3 is 2.53 bits per heavy atom. The van der Waals surface area contributed by atoms with E-state index < -0.39 is 11.6 Å². The number of carbonyl (C=O) groups excluding carboxylic acids is 1. The van der Waals surface area contributed by atoms with Gasteiger partial charge in [-0.05, 0) is 45.0 Å². The van der Waals surface area contributed by atoms with Crippen molar-refractivity contribution in [1.29, 1.82) is 0 Å². The lowest BCUT2D eigenvalue weighted by Crippen LogP contribution is -2.58. The molecule has 1 fully saturated rings. The fraction of sp³-hybridized carbons (Fsp3) is 0.259. The molecule has 0 saturated carbocycles. The van der Waals surface area contributed by atoms with Gasteiger partial charge in [-0.1, -0.05) is 42.4 Å². The van der Waals surface area contributed by atoms with Crippen molar-refractivity contribution >= 4 is 52.3 Å². The monoisotopic (exact) mass is 509 g/mol. The van der Waals surface area contributed by atoms with Crippen LogP contribution in [0.4, 0.5) is 14.6 Å². The van der Waals surface area contributed by atoms with Crippen molar-refractivity contribution in [2.75, 3.05) is 18.0 Å². The van der Waals surface area contributed by atoms with E-state index >= 15 is 4.39 Å². The highest BCUT2D eigenvalue weighted by atomic mass is 35.5. The standard InChI is InChI=1S/C27H26ClF2N5O/c1-6-21(36)34-12-15(2)35(16(3)13-34)27-17(4)25(32-14-33-27)24(30)26(31-5)19-9-7-8-18-10-11-20(29)23(28)22(18)19/h6-11,14-16H,1,5,12-13H2,2-4H3/b26-24+/t15-,16-/m0/s1. The molecule has 4 rings (SSSR count). The van der Waals surface area contributed by atoms with E-state index in [4.69, 9.17) is 11.6 Å². The summed E-state index contributed by atoms with van der Waals surface area (Å²) in [6.45, 7) is 13.8. The molecule has 2 heterocycles. The number of hydrogen-bond donors (Lipinski definition) is 0. The first-order chi connectivity index (χ1) is 17.2. The molecule has 0 aliphatic carbocycles. The molecule has 1 aromatic heterocycles. The lowest BCUT2D eigenvalue weighted by molar-refractivity contribution is -0.127. The topological polar surface area (TPSA) is 61.7 Å². The second-order valence-electron chi connectivity index (χ2n) is 8.81. The van der Waals surface area contributed by atoms with Gasteiger partial charge >= 0.3 is 0 Å². The average Bonchev–Trinajstić information content (AvgIpc) is 2.86. The number of carbonyl (C=O) groups is 1. The molecule has 6 nitrogen and oxygen atoms in total. The van der Waals surface area contributed by atoms with Gasteiger partial charge in [-0.25, -0.2) is 18.7 Å². The van der Waals surface area contributed by atoms with Crippen LogP contribution in [0.25, 0.3) is 22.3 Å². The SMILES string of the molecule is C=CC(=O)N1C[C@H](C)N(c2ncnc(/C(F)=C(\N=C)c3cccc4ccc(F)c(Cl)c34)c2C)[C@@H](C)C1. The molecule has 1 aliphatic rings. The highest BCUT2D eigenvalue weighted by Crippen LogP contribution is 2.38. The highest BCUT2D eigenvalue weighted by molar-refractivity contribution is 6.36. The Labute approximate surface area is 213 Å². The van der Waals surface area contributed by atoms with Gasteiger partial charge in [0.2, 0.25) is 5.91 Å². The quantitative estimate of drug-likeness (QED) is 0.320. The largest absolute Gasteiger partial charge is 0.347 e. The van der Waals surface area contributed by atoms with Crippen LogP contribution in [0.1, 0.15) is 30.7 Å². The van der Waals surface area contributed by atoms with Crippen molar-refractivity contribution in [2.45, 2.75) is 32.9 Å². The summed E-state index contributed by atoms with van der Waals surface area (Å²) in [5.74, 6) is -0.904. The molecule has 1 saturated heterocycles. The van der Waals surface area contributed by atoms with Crippen LogP contribution in [0, 0.1) is 12.7 Å². The van der Waals surface area contributed by atoms with E-state index in [1.54, 1.807) is 36.1 Å². The lowest BCUT2D eigenvalue weighted by atomic mass is 10.00. The van der Waals surface area contributed by atoms with Gasteiger partial charge in [-0.15, -0.1) is 0 Å². The first kappa shape index (κ1) is 25.4. The Bertz CT molecular complexity index is 1390. The second kappa shape index (κ2) is 10.1. The van der Waals surface area contributed by atoms with Crippen LogP contribution >= 0.6 is 11.6 Å². The zero-order valence-corrected chi connectivity index (χ0v) is 21.1. The molecule has 36 heavy (non-hydrogen) atoms. The molecular weight excluding hydrogens is 484 g/mol. The molecule has 2 atom stereocenters. The van der Waals surface area contributed by atoms with E-state index in [0.29, 0.717) is 40.8 Å². The minimum Gasteiger partial charge on any atom is -0.347 e. The fourth-order valence-electron chi connectivity index (χ4n) is 4.86. The second-order valence-corrected chi connectivity index (χ2v) is 9.19. The zero-order valence-electron chi connectivity index (χ0n) is 20.3. The van der Waals surface area contributed by atoms with Gasteiger partial charge in [0.15, 0.2) is 5.83 Å². The normalized spacial score (nSPS) is 18.7. The van der Waals surface area contributed by atoms with E-state index in [9.17, 15) is 9.18 Å². The number of piperazine rings is 1. The minimum absolute atomic E-state index is 0.0518. The third kappa shape index (κ3) is 4.37. The number of nitrogens with zero attached hydrogens (tertiary/aromatic N) is 5. The Morgan fingerprint density at radius 1 is 1.19 bits per heavy atom.